The fourth-order valence-electron chi connectivity index (χ4n) is 2.44. The van der Waals surface area contributed by atoms with E-state index >= 15 is 0 Å². The van der Waals surface area contributed by atoms with Crippen LogP contribution in [0.3, 0.4) is 0 Å². The summed E-state index contributed by atoms with van der Waals surface area (Å²) in [7, 11) is 1.75. The molecule has 1 aliphatic rings. The third kappa shape index (κ3) is 2.65. The first-order chi connectivity index (χ1) is 8.54. The molecule has 0 saturated carbocycles. The largest absolute Gasteiger partial charge is 0.377 e. The maximum Gasteiger partial charge on any atom is 0.0883 e. The van der Waals surface area contributed by atoms with Crippen LogP contribution >= 0.6 is 0 Å². The first-order valence-corrected chi connectivity index (χ1v) is 6.49. The van der Waals surface area contributed by atoms with Crippen molar-refractivity contribution in [2.24, 2.45) is 5.92 Å². The van der Waals surface area contributed by atoms with Gasteiger partial charge in [-0.15, -0.1) is 0 Å². The molecule has 98 valence electrons. The molecule has 0 aliphatic heterocycles. The zero-order valence-corrected chi connectivity index (χ0v) is 11.6. The van der Waals surface area contributed by atoms with Gasteiger partial charge < -0.3 is 9.47 Å². The molecule has 1 aromatic rings. The maximum absolute atomic E-state index is 6.26. The van der Waals surface area contributed by atoms with E-state index in [1.54, 1.807) is 7.11 Å². The predicted octanol–water partition coefficient (Wildman–Crippen LogP) is 3.53. The highest BCUT2D eigenvalue weighted by molar-refractivity contribution is 5.21. The highest BCUT2D eigenvalue weighted by atomic mass is 16.5. The molecule has 2 nitrogen and oxygen atoms in total. The summed E-state index contributed by atoms with van der Waals surface area (Å²) in [5.74, 6) is 0.359. The molecule has 2 rings (SSSR count). The molecular formula is C16H22O2. The lowest BCUT2D eigenvalue weighted by molar-refractivity contribution is -0.0859. The molecule has 3 atom stereocenters. The van der Waals surface area contributed by atoms with Crippen LogP contribution in [0.2, 0.25) is 0 Å². The third-order valence-corrected chi connectivity index (χ3v) is 3.70. The summed E-state index contributed by atoms with van der Waals surface area (Å²) in [6.45, 7) is 6.39. The molecule has 1 aliphatic carbocycles. The van der Waals surface area contributed by atoms with Crippen molar-refractivity contribution in [3.63, 3.8) is 0 Å². The van der Waals surface area contributed by atoms with E-state index in [-0.39, 0.29) is 17.8 Å². The van der Waals surface area contributed by atoms with E-state index < -0.39 is 0 Å². The zero-order chi connectivity index (χ0) is 13.2. The first-order valence-electron chi connectivity index (χ1n) is 6.49. The van der Waals surface area contributed by atoms with Crippen LogP contribution in [-0.2, 0) is 15.1 Å². The van der Waals surface area contributed by atoms with Crippen molar-refractivity contribution in [1.29, 1.82) is 0 Å². The fourth-order valence-corrected chi connectivity index (χ4v) is 2.44. The Hall–Kier alpha value is -1.12. The standard InChI is InChI=1S/C16H22O2/c1-12-14(17-4)10-11-15(12)18-16(2,3)13-8-6-5-7-9-13/h5-12,14-15H,1-4H3. The molecule has 0 fully saturated rings. The van der Waals surface area contributed by atoms with Gasteiger partial charge in [-0.05, 0) is 19.4 Å². The average Bonchev–Trinajstić information content (AvgIpc) is 2.71. The van der Waals surface area contributed by atoms with Crippen LogP contribution in [0.5, 0.6) is 0 Å². The van der Waals surface area contributed by atoms with Crippen molar-refractivity contribution in [3.8, 4) is 0 Å². The number of hydrogen-bond acceptors (Lipinski definition) is 2. The number of methoxy groups -OCH3 is 1. The Morgan fingerprint density at radius 1 is 1.00 bits per heavy atom. The Labute approximate surface area is 110 Å². The van der Waals surface area contributed by atoms with Gasteiger partial charge in [-0.25, -0.2) is 0 Å². The second kappa shape index (κ2) is 5.25. The number of benzene rings is 1. The molecule has 0 amide bonds. The number of ether oxygens (including phenoxy) is 2. The maximum atomic E-state index is 6.26. The van der Waals surface area contributed by atoms with Crippen molar-refractivity contribution in [3.05, 3.63) is 48.0 Å². The van der Waals surface area contributed by atoms with E-state index in [0.717, 1.165) is 0 Å². The summed E-state index contributed by atoms with van der Waals surface area (Å²) >= 11 is 0. The normalized spacial score (nSPS) is 27.7. The molecule has 0 N–H and O–H groups in total. The Bertz CT molecular complexity index is 408. The van der Waals surface area contributed by atoms with E-state index in [1.807, 2.05) is 18.2 Å². The van der Waals surface area contributed by atoms with Gasteiger partial charge in [0.2, 0.25) is 0 Å². The van der Waals surface area contributed by atoms with Crippen molar-refractivity contribution < 1.29 is 9.47 Å². The minimum absolute atomic E-state index is 0.116. The molecule has 2 heteroatoms. The molecule has 3 unspecified atom stereocenters. The molecule has 0 spiro atoms. The lowest BCUT2D eigenvalue weighted by Crippen LogP contribution is -2.32. The summed E-state index contributed by atoms with van der Waals surface area (Å²) in [5, 5.41) is 0. The van der Waals surface area contributed by atoms with Gasteiger partial charge in [0.1, 0.15) is 0 Å². The Morgan fingerprint density at radius 2 is 1.61 bits per heavy atom. The fraction of sp³-hybridized carbons (Fsp3) is 0.500. The molecule has 0 bridgehead atoms. The molecule has 0 radical (unpaired) electrons. The second-order valence-electron chi connectivity index (χ2n) is 5.40. The van der Waals surface area contributed by atoms with Crippen LogP contribution in [-0.4, -0.2) is 19.3 Å². The molecule has 0 heterocycles. The molecular weight excluding hydrogens is 224 g/mol. The van der Waals surface area contributed by atoms with Gasteiger partial charge in [-0.2, -0.15) is 0 Å². The van der Waals surface area contributed by atoms with Crippen molar-refractivity contribution in [2.45, 2.75) is 38.6 Å². The Kier molecular flexibility index (Phi) is 3.88. The summed E-state index contributed by atoms with van der Waals surface area (Å²) in [4.78, 5) is 0. The topological polar surface area (TPSA) is 18.5 Å². The molecule has 0 aromatic heterocycles. The van der Waals surface area contributed by atoms with E-state index in [4.69, 9.17) is 9.47 Å². The minimum Gasteiger partial charge on any atom is -0.377 e. The minimum atomic E-state index is -0.285. The zero-order valence-electron chi connectivity index (χ0n) is 11.6. The van der Waals surface area contributed by atoms with Crippen LogP contribution in [0.4, 0.5) is 0 Å². The highest BCUT2D eigenvalue weighted by Gasteiger charge is 2.33. The lowest BCUT2D eigenvalue weighted by Gasteiger charge is -2.32. The lowest BCUT2D eigenvalue weighted by atomic mass is 9.96. The van der Waals surface area contributed by atoms with Crippen LogP contribution < -0.4 is 0 Å². The number of rotatable bonds is 4. The quantitative estimate of drug-likeness (QED) is 0.757. The Morgan fingerprint density at radius 3 is 2.17 bits per heavy atom. The van der Waals surface area contributed by atoms with Gasteiger partial charge in [-0.1, -0.05) is 49.4 Å². The third-order valence-electron chi connectivity index (χ3n) is 3.70. The number of hydrogen-bond donors (Lipinski definition) is 0. The van der Waals surface area contributed by atoms with Crippen molar-refractivity contribution in [1.82, 2.24) is 0 Å². The molecule has 0 saturated heterocycles. The van der Waals surface area contributed by atoms with Crippen molar-refractivity contribution in [2.75, 3.05) is 7.11 Å². The monoisotopic (exact) mass is 246 g/mol. The SMILES string of the molecule is COC1C=CC(OC(C)(C)c2ccccc2)C1C. The van der Waals surface area contributed by atoms with Gasteiger partial charge in [0.05, 0.1) is 17.8 Å². The summed E-state index contributed by atoms with van der Waals surface area (Å²) in [6, 6.07) is 10.3. The van der Waals surface area contributed by atoms with Gasteiger partial charge in [0.15, 0.2) is 0 Å². The predicted molar refractivity (Wildman–Crippen MR) is 73.4 cm³/mol. The first kappa shape index (κ1) is 13.3. The van der Waals surface area contributed by atoms with Gasteiger partial charge >= 0.3 is 0 Å². The van der Waals surface area contributed by atoms with E-state index in [0.29, 0.717) is 5.92 Å². The highest BCUT2D eigenvalue weighted by Crippen LogP contribution is 2.32. The van der Waals surface area contributed by atoms with Gasteiger partial charge in [-0.3, -0.25) is 0 Å². The van der Waals surface area contributed by atoms with E-state index in [1.165, 1.54) is 5.56 Å². The van der Waals surface area contributed by atoms with Crippen LogP contribution in [0.15, 0.2) is 42.5 Å². The summed E-state index contributed by atoms with van der Waals surface area (Å²) in [5.41, 5.74) is 0.916. The van der Waals surface area contributed by atoms with Crippen LogP contribution in [0.25, 0.3) is 0 Å². The average molecular weight is 246 g/mol. The van der Waals surface area contributed by atoms with Crippen LogP contribution in [0, 0.1) is 5.92 Å². The van der Waals surface area contributed by atoms with Gasteiger partial charge in [0.25, 0.3) is 0 Å². The summed E-state index contributed by atoms with van der Waals surface area (Å²) < 4.78 is 11.7. The second-order valence-corrected chi connectivity index (χ2v) is 5.40. The Balaban J connectivity index is 2.08. The summed E-state index contributed by atoms with van der Waals surface area (Å²) in [6.07, 6.45) is 4.49. The van der Waals surface area contributed by atoms with Gasteiger partial charge in [0, 0.05) is 13.0 Å². The smallest absolute Gasteiger partial charge is 0.0883 e. The van der Waals surface area contributed by atoms with Crippen molar-refractivity contribution >= 4 is 0 Å². The van der Waals surface area contributed by atoms with E-state index in [9.17, 15) is 0 Å². The van der Waals surface area contributed by atoms with Crippen LogP contribution in [0.1, 0.15) is 26.3 Å². The van der Waals surface area contributed by atoms with E-state index in [2.05, 4.69) is 45.1 Å². The molecule has 18 heavy (non-hydrogen) atoms. The molecule has 1 aromatic carbocycles.